The molecule has 0 bridgehead atoms. The van der Waals surface area contributed by atoms with Crippen molar-refractivity contribution in [2.75, 3.05) is 0 Å². The first-order valence-corrected chi connectivity index (χ1v) is 10.5. The summed E-state index contributed by atoms with van der Waals surface area (Å²) in [7, 11) is 0. The molecular weight excluding hydrogens is 388 g/mol. The molecule has 0 spiro atoms. The number of nitrogens with zero attached hydrogens (tertiary/aromatic N) is 1. The first kappa shape index (κ1) is 19.2. The van der Waals surface area contributed by atoms with Gasteiger partial charge in [-0.1, -0.05) is 66.2 Å². The molecule has 5 rings (SSSR count). The Bertz CT molecular complexity index is 1200. The Morgan fingerprint density at radius 1 is 0.903 bits per heavy atom. The van der Waals surface area contributed by atoms with Crippen molar-refractivity contribution in [2.24, 2.45) is 5.92 Å². The molecule has 1 aliphatic heterocycles. The number of carbonyl (C=O) groups excluding carboxylic acids is 3. The van der Waals surface area contributed by atoms with Crippen molar-refractivity contribution in [1.82, 2.24) is 10.4 Å². The van der Waals surface area contributed by atoms with E-state index in [0.717, 1.165) is 22.4 Å². The zero-order chi connectivity index (χ0) is 21.5. The van der Waals surface area contributed by atoms with Crippen LogP contribution in [-0.2, 0) is 4.79 Å². The van der Waals surface area contributed by atoms with E-state index in [-0.39, 0.29) is 17.7 Å². The molecule has 2 aliphatic rings. The number of allylic oxidation sites excluding steroid dienone is 2. The molecule has 3 aromatic rings. The van der Waals surface area contributed by atoms with Crippen molar-refractivity contribution in [1.29, 1.82) is 0 Å². The summed E-state index contributed by atoms with van der Waals surface area (Å²) in [6, 6.07) is 20.6. The first-order valence-electron chi connectivity index (χ1n) is 10.5. The number of amides is 3. The monoisotopic (exact) mass is 410 g/mol. The minimum Gasteiger partial charge on any atom is -0.273 e. The summed E-state index contributed by atoms with van der Waals surface area (Å²) in [5.74, 6) is -1.68. The van der Waals surface area contributed by atoms with Gasteiger partial charge in [-0.3, -0.25) is 19.8 Å². The molecule has 31 heavy (non-hydrogen) atoms. The number of carbonyl (C=O) groups is 3. The quantitative estimate of drug-likeness (QED) is 0.507. The average molecular weight is 410 g/mol. The number of hydrazine groups is 1. The Hall–Kier alpha value is -3.73. The second-order valence-electron chi connectivity index (χ2n) is 8.25. The van der Waals surface area contributed by atoms with Crippen molar-refractivity contribution >= 4 is 28.5 Å². The SMILES string of the molecule is CC1=CCC(C(=O)NN2C(=O)c3cccc4cccc(c34)C2=O)C(c2ccccc2)C1. The van der Waals surface area contributed by atoms with Crippen LogP contribution in [0.2, 0.25) is 0 Å². The van der Waals surface area contributed by atoms with Crippen LogP contribution in [0.15, 0.2) is 78.4 Å². The van der Waals surface area contributed by atoms with Gasteiger partial charge >= 0.3 is 0 Å². The lowest BCUT2D eigenvalue weighted by Crippen LogP contribution is -2.53. The van der Waals surface area contributed by atoms with Crippen molar-refractivity contribution in [2.45, 2.75) is 25.7 Å². The molecule has 1 N–H and O–H groups in total. The molecule has 3 aromatic carbocycles. The summed E-state index contributed by atoms with van der Waals surface area (Å²) in [6.07, 6.45) is 3.41. The molecule has 2 atom stereocenters. The van der Waals surface area contributed by atoms with Gasteiger partial charge in [0.2, 0.25) is 5.91 Å². The Morgan fingerprint density at radius 3 is 2.19 bits per heavy atom. The Labute approximate surface area is 180 Å². The predicted octanol–water partition coefficient (Wildman–Crippen LogP) is 4.61. The summed E-state index contributed by atoms with van der Waals surface area (Å²) in [4.78, 5) is 39.5. The molecule has 5 heteroatoms. The largest absolute Gasteiger partial charge is 0.280 e. The highest BCUT2D eigenvalue weighted by Gasteiger charge is 2.37. The van der Waals surface area contributed by atoms with Crippen LogP contribution in [0.25, 0.3) is 10.8 Å². The molecule has 0 fully saturated rings. The van der Waals surface area contributed by atoms with Crippen molar-refractivity contribution < 1.29 is 14.4 Å². The number of benzene rings is 3. The van der Waals surface area contributed by atoms with Crippen LogP contribution >= 0.6 is 0 Å². The average Bonchev–Trinajstić information content (AvgIpc) is 2.80. The van der Waals surface area contributed by atoms with E-state index in [1.807, 2.05) is 42.5 Å². The van der Waals surface area contributed by atoms with Gasteiger partial charge in [-0.05, 0) is 48.8 Å². The topological polar surface area (TPSA) is 66.5 Å². The summed E-state index contributed by atoms with van der Waals surface area (Å²) in [6.45, 7) is 2.07. The van der Waals surface area contributed by atoms with E-state index < -0.39 is 11.8 Å². The molecular formula is C26H22N2O3. The third kappa shape index (κ3) is 3.22. The van der Waals surface area contributed by atoms with Crippen LogP contribution in [0.5, 0.6) is 0 Å². The molecule has 0 radical (unpaired) electrons. The molecule has 0 saturated carbocycles. The highest BCUT2D eigenvalue weighted by molar-refractivity contribution is 6.25. The maximum absolute atomic E-state index is 13.3. The van der Waals surface area contributed by atoms with Crippen LogP contribution in [0.4, 0.5) is 0 Å². The molecule has 154 valence electrons. The van der Waals surface area contributed by atoms with Gasteiger partial charge in [0, 0.05) is 5.39 Å². The summed E-state index contributed by atoms with van der Waals surface area (Å²) < 4.78 is 0. The number of nitrogens with one attached hydrogen (secondary N) is 1. The van der Waals surface area contributed by atoms with Gasteiger partial charge in [-0.25, -0.2) is 0 Å². The molecule has 5 nitrogen and oxygen atoms in total. The second kappa shape index (κ2) is 7.51. The van der Waals surface area contributed by atoms with E-state index in [4.69, 9.17) is 0 Å². The van der Waals surface area contributed by atoms with Crippen LogP contribution < -0.4 is 5.43 Å². The Kier molecular flexibility index (Phi) is 4.66. The lowest BCUT2D eigenvalue weighted by Gasteiger charge is -2.33. The van der Waals surface area contributed by atoms with Gasteiger partial charge in [0.1, 0.15) is 0 Å². The van der Waals surface area contributed by atoms with Crippen LogP contribution in [0.3, 0.4) is 0 Å². The number of imide groups is 1. The smallest absolute Gasteiger partial charge is 0.273 e. The second-order valence-corrected chi connectivity index (χ2v) is 8.25. The van der Waals surface area contributed by atoms with Gasteiger partial charge in [0.05, 0.1) is 17.0 Å². The van der Waals surface area contributed by atoms with Crippen LogP contribution in [0.1, 0.15) is 52.0 Å². The summed E-state index contributed by atoms with van der Waals surface area (Å²) in [5.41, 5.74) is 5.82. The van der Waals surface area contributed by atoms with Crippen molar-refractivity contribution in [3.05, 3.63) is 95.1 Å². The number of hydrogen-bond donors (Lipinski definition) is 1. The van der Waals surface area contributed by atoms with E-state index >= 15 is 0 Å². The highest BCUT2D eigenvalue weighted by Crippen LogP contribution is 2.38. The fourth-order valence-electron chi connectivity index (χ4n) is 4.73. The van der Waals surface area contributed by atoms with E-state index in [2.05, 4.69) is 18.4 Å². The molecule has 1 heterocycles. The number of hydrogen-bond acceptors (Lipinski definition) is 3. The van der Waals surface area contributed by atoms with Gasteiger partial charge < -0.3 is 0 Å². The van der Waals surface area contributed by atoms with E-state index in [1.54, 1.807) is 24.3 Å². The Balaban J connectivity index is 1.46. The van der Waals surface area contributed by atoms with Crippen molar-refractivity contribution in [3.8, 4) is 0 Å². The lowest BCUT2D eigenvalue weighted by molar-refractivity contribution is -0.129. The minimum absolute atomic E-state index is 0.00286. The third-order valence-corrected chi connectivity index (χ3v) is 6.31. The summed E-state index contributed by atoms with van der Waals surface area (Å²) in [5, 5.41) is 2.36. The van der Waals surface area contributed by atoms with Crippen LogP contribution in [-0.4, -0.2) is 22.7 Å². The minimum atomic E-state index is -0.499. The maximum Gasteiger partial charge on any atom is 0.280 e. The van der Waals surface area contributed by atoms with E-state index in [0.29, 0.717) is 22.9 Å². The van der Waals surface area contributed by atoms with Gasteiger partial charge in [-0.15, -0.1) is 0 Å². The van der Waals surface area contributed by atoms with Crippen molar-refractivity contribution in [3.63, 3.8) is 0 Å². The van der Waals surface area contributed by atoms with Gasteiger partial charge in [0.15, 0.2) is 0 Å². The third-order valence-electron chi connectivity index (χ3n) is 6.31. The zero-order valence-corrected chi connectivity index (χ0v) is 17.2. The number of rotatable bonds is 3. The zero-order valence-electron chi connectivity index (χ0n) is 17.2. The highest BCUT2D eigenvalue weighted by atomic mass is 16.2. The molecule has 1 aliphatic carbocycles. The first-order chi connectivity index (χ1) is 15.0. The fraction of sp³-hybridized carbons (Fsp3) is 0.192. The van der Waals surface area contributed by atoms with Crippen LogP contribution in [0, 0.1) is 5.92 Å². The van der Waals surface area contributed by atoms with Gasteiger partial charge in [-0.2, -0.15) is 5.01 Å². The standard InChI is InChI=1S/C26H22N2O3/c1-16-13-14-19(22(15-16)17-7-3-2-4-8-17)24(29)27-28-25(30)20-11-5-9-18-10-6-12-21(23(18)20)26(28)31/h2-13,19,22H,14-15H2,1H3,(H,27,29). The summed E-state index contributed by atoms with van der Waals surface area (Å²) >= 11 is 0. The fourth-order valence-corrected chi connectivity index (χ4v) is 4.73. The predicted molar refractivity (Wildman–Crippen MR) is 118 cm³/mol. The lowest BCUT2D eigenvalue weighted by atomic mass is 9.75. The molecule has 3 amide bonds. The van der Waals surface area contributed by atoms with E-state index in [1.165, 1.54) is 5.57 Å². The van der Waals surface area contributed by atoms with Gasteiger partial charge in [0.25, 0.3) is 11.8 Å². The molecule has 0 aromatic heterocycles. The maximum atomic E-state index is 13.3. The normalized spacial score (nSPS) is 20.5. The molecule has 0 saturated heterocycles. The Morgan fingerprint density at radius 2 is 1.55 bits per heavy atom. The van der Waals surface area contributed by atoms with E-state index in [9.17, 15) is 14.4 Å². The molecule has 2 unspecified atom stereocenters.